The maximum atomic E-state index is 6.90. The number of para-hydroxylation sites is 1. The molecule has 1 N–H and O–H groups in total. The van der Waals surface area contributed by atoms with Crippen LogP contribution in [0.1, 0.15) is 139 Å². The van der Waals surface area contributed by atoms with Crippen molar-refractivity contribution in [1.29, 1.82) is 0 Å². The Hall–Kier alpha value is -7.89. The first-order chi connectivity index (χ1) is 36.4. The smallest absolute Gasteiger partial charge is 0.137 e. The molecule has 1 aliphatic heterocycles. The summed E-state index contributed by atoms with van der Waals surface area (Å²) in [5.41, 5.74) is 18.0. The molecule has 0 saturated heterocycles. The van der Waals surface area contributed by atoms with Crippen LogP contribution in [0.2, 0.25) is 0 Å². The fourth-order valence-corrected chi connectivity index (χ4v) is 11.7. The summed E-state index contributed by atoms with van der Waals surface area (Å²) in [6.07, 6.45) is 1.93. The van der Waals surface area contributed by atoms with E-state index in [1.54, 1.807) is 0 Å². The minimum atomic E-state index is -0.253. The van der Waals surface area contributed by atoms with Gasteiger partial charge < -0.3 is 15.0 Å². The molecule has 0 spiro atoms. The maximum absolute atomic E-state index is 6.90. The molecule has 5 heteroatoms. The second-order valence-electron chi connectivity index (χ2n) is 23.8. The lowest BCUT2D eigenvalue weighted by molar-refractivity contribution is 0.483. The van der Waals surface area contributed by atoms with Crippen molar-refractivity contribution < 1.29 is 4.74 Å². The SMILES string of the molecule is CC(C)c1cccc(C(C)C)c1-c1ccc2c(c1)C(Nc1cc(C(C)(C)c3ccccc3)cc(C(C)(C)c3ccccc3)c1)CN2c1cccc(Oc2ccc3c4ccccc4n(-c4cc(C(C)(C)C)ccn4)c3c2)c1. The summed E-state index contributed by atoms with van der Waals surface area (Å²) in [5.74, 6) is 3.19. The van der Waals surface area contributed by atoms with Crippen molar-refractivity contribution in [2.24, 2.45) is 0 Å². The van der Waals surface area contributed by atoms with Crippen LogP contribution >= 0.6 is 0 Å². The average Bonchev–Trinajstić information content (AvgIpc) is 4.00. The molecule has 0 fully saturated rings. The highest BCUT2D eigenvalue weighted by Gasteiger charge is 2.34. The molecule has 5 nitrogen and oxygen atoms in total. The number of nitrogens with one attached hydrogen (secondary N) is 1. The van der Waals surface area contributed by atoms with Gasteiger partial charge in [0.2, 0.25) is 0 Å². The highest BCUT2D eigenvalue weighted by atomic mass is 16.5. The zero-order chi connectivity index (χ0) is 53.1. The van der Waals surface area contributed by atoms with E-state index in [4.69, 9.17) is 9.72 Å². The summed E-state index contributed by atoms with van der Waals surface area (Å²) >= 11 is 0. The van der Waals surface area contributed by atoms with Crippen LogP contribution in [0.4, 0.5) is 17.1 Å². The number of hydrogen-bond acceptors (Lipinski definition) is 4. The molecule has 1 aliphatic rings. The molecule has 0 aliphatic carbocycles. The van der Waals surface area contributed by atoms with Gasteiger partial charge in [-0.3, -0.25) is 4.57 Å². The Morgan fingerprint density at radius 3 is 1.76 bits per heavy atom. The number of hydrogen-bond donors (Lipinski definition) is 1. The largest absolute Gasteiger partial charge is 0.457 e. The van der Waals surface area contributed by atoms with Gasteiger partial charge in [0.25, 0.3) is 0 Å². The van der Waals surface area contributed by atoms with Gasteiger partial charge in [-0.25, -0.2) is 4.98 Å². The lowest BCUT2D eigenvalue weighted by Crippen LogP contribution is -2.24. The third-order valence-corrected chi connectivity index (χ3v) is 16.3. The molecule has 3 heterocycles. The summed E-state index contributed by atoms with van der Waals surface area (Å²) in [6, 6.07) is 71.1. The number of benzene rings is 8. The standard InChI is InChI=1S/C71H72N4O/c1-46(2)58-29-21-30-59(47(3)4)68(58)48-32-35-64-62(38-48)63(73-54-40-52(70(8,9)49-22-14-12-15-23-49)39-53(41-54)71(10,11)50-24-16-13-17-25-50)45-74(64)55-26-20-27-56(43-55)76-57-33-34-61-60-28-18-19-31-65(60)75(66(61)44-57)67-42-51(36-37-72-67)69(5,6)7/h12-44,46-47,63,73H,45H2,1-11H3. The van der Waals surface area contributed by atoms with Gasteiger partial charge >= 0.3 is 0 Å². The molecule has 1 atom stereocenters. The molecule has 382 valence electrons. The number of aromatic nitrogens is 2. The molecule has 1 unspecified atom stereocenters. The van der Waals surface area contributed by atoms with E-state index in [0.29, 0.717) is 11.8 Å². The molecule has 2 aromatic heterocycles. The van der Waals surface area contributed by atoms with Crippen LogP contribution in [0.3, 0.4) is 0 Å². The Bertz CT molecular complexity index is 3650. The van der Waals surface area contributed by atoms with Gasteiger partial charge in [0.05, 0.1) is 17.1 Å². The minimum absolute atomic E-state index is 0.0193. The first-order valence-electron chi connectivity index (χ1n) is 27.3. The van der Waals surface area contributed by atoms with E-state index in [1.165, 1.54) is 66.7 Å². The van der Waals surface area contributed by atoms with Crippen LogP contribution in [-0.4, -0.2) is 16.1 Å². The van der Waals surface area contributed by atoms with Crippen LogP contribution in [-0.2, 0) is 16.2 Å². The third kappa shape index (κ3) is 9.35. The normalized spacial score (nSPS) is 14.0. The topological polar surface area (TPSA) is 42.3 Å². The summed E-state index contributed by atoms with van der Waals surface area (Å²) in [4.78, 5) is 7.40. The number of pyridine rings is 1. The molecule has 11 rings (SSSR count). The highest BCUT2D eigenvalue weighted by Crippen LogP contribution is 2.48. The average molecular weight is 997 g/mol. The quantitative estimate of drug-likeness (QED) is 0.125. The van der Waals surface area contributed by atoms with E-state index in [1.807, 2.05) is 6.20 Å². The van der Waals surface area contributed by atoms with Crippen LogP contribution in [0.5, 0.6) is 11.5 Å². The van der Waals surface area contributed by atoms with E-state index in [9.17, 15) is 0 Å². The van der Waals surface area contributed by atoms with Crippen molar-refractivity contribution >= 4 is 38.9 Å². The lowest BCUT2D eigenvalue weighted by atomic mass is 9.73. The molecule has 0 saturated carbocycles. The molecule has 10 aromatic rings. The maximum Gasteiger partial charge on any atom is 0.137 e. The Morgan fingerprint density at radius 1 is 0.513 bits per heavy atom. The van der Waals surface area contributed by atoms with Gasteiger partial charge in [-0.2, -0.15) is 0 Å². The number of nitrogens with zero attached hydrogens (tertiary/aromatic N) is 3. The van der Waals surface area contributed by atoms with Gasteiger partial charge in [-0.15, -0.1) is 0 Å². The number of anilines is 3. The Morgan fingerprint density at radius 2 is 1.12 bits per heavy atom. The van der Waals surface area contributed by atoms with Crippen LogP contribution in [0, 0.1) is 0 Å². The Kier molecular flexibility index (Phi) is 13.0. The molecular weight excluding hydrogens is 925 g/mol. The summed E-state index contributed by atoms with van der Waals surface area (Å²) in [5, 5.41) is 6.55. The second kappa shape index (κ2) is 19.7. The van der Waals surface area contributed by atoms with Gasteiger partial charge in [0.1, 0.15) is 17.3 Å². The Labute approximate surface area is 451 Å². The molecule has 76 heavy (non-hydrogen) atoms. The monoisotopic (exact) mass is 997 g/mol. The van der Waals surface area contributed by atoms with Gasteiger partial charge in [0.15, 0.2) is 0 Å². The summed E-state index contributed by atoms with van der Waals surface area (Å²) < 4.78 is 9.17. The third-order valence-electron chi connectivity index (χ3n) is 16.3. The number of rotatable bonds is 13. The number of fused-ring (bicyclic) bond motifs is 4. The van der Waals surface area contributed by atoms with Gasteiger partial charge in [0, 0.05) is 69.1 Å². The van der Waals surface area contributed by atoms with Crippen LogP contribution in [0.25, 0.3) is 38.8 Å². The fraction of sp³-hybridized carbons (Fsp3) is 0.254. The lowest BCUT2D eigenvalue weighted by Gasteiger charge is -2.32. The van der Waals surface area contributed by atoms with E-state index < -0.39 is 0 Å². The van der Waals surface area contributed by atoms with Crippen molar-refractivity contribution in [1.82, 2.24) is 9.55 Å². The summed E-state index contributed by atoms with van der Waals surface area (Å²) in [7, 11) is 0. The summed E-state index contributed by atoms with van der Waals surface area (Å²) in [6.45, 7) is 26.2. The first kappa shape index (κ1) is 50.3. The molecule has 0 amide bonds. The van der Waals surface area contributed by atoms with Crippen molar-refractivity contribution in [2.45, 2.75) is 110 Å². The second-order valence-corrected chi connectivity index (χ2v) is 23.8. The number of ether oxygens (including phenoxy) is 1. The molecule has 0 radical (unpaired) electrons. The first-order valence-corrected chi connectivity index (χ1v) is 27.3. The van der Waals surface area contributed by atoms with Crippen LogP contribution in [0.15, 0.2) is 200 Å². The highest BCUT2D eigenvalue weighted by molar-refractivity contribution is 6.09. The van der Waals surface area contributed by atoms with Crippen molar-refractivity contribution in [3.8, 4) is 28.4 Å². The van der Waals surface area contributed by atoms with Gasteiger partial charge in [-0.1, -0.05) is 191 Å². The van der Waals surface area contributed by atoms with E-state index >= 15 is 0 Å². The molecule has 0 bridgehead atoms. The van der Waals surface area contributed by atoms with Gasteiger partial charge in [-0.05, 0) is 134 Å². The zero-order valence-corrected chi connectivity index (χ0v) is 46.2. The Balaban J connectivity index is 1.01. The van der Waals surface area contributed by atoms with E-state index in [0.717, 1.165) is 51.7 Å². The van der Waals surface area contributed by atoms with Crippen molar-refractivity contribution in [2.75, 3.05) is 16.8 Å². The van der Waals surface area contributed by atoms with E-state index in [-0.39, 0.29) is 22.3 Å². The fourth-order valence-electron chi connectivity index (χ4n) is 11.7. The minimum Gasteiger partial charge on any atom is -0.457 e. The molecule has 8 aromatic carbocycles. The zero-order valence-electron chi connectivity index (χ0n) is 46.2. The molecular formula is C71H72N4O. The van der Waals surface area contributed by atoms with E-state index in [2.05, 4.69) is 285 Å². The van der Waals surface area contributed by atoms with Crippen LogP contribution < -0.4 is 15.0 Å². The predicted octanol–water partition coefficient (Wildman–Crippen LogP) is 19.1. The predicted molar refractivity (Wildman–Crippen MR) is 321 cm³/mol. The van der Waals surface area contributed by atoms with Crippen molar-refractivity contribution in [3.05, 3.63) is 245 Å². The van der Waals surface area contributed by atoms with Crippen molar-refractivity contribution in [3.63, 3.8) is 0 Å².